The molecule has 3 heteroatoms. The van der Waals surface area contributed by atoms with Crippen LogP contribution in [0.3, 0.4) is 0 Å². The number of nitrogens with two attached hydrogens (primary N) is 1. The number of ether oxygens (including phenoxy) is 1. The Balaban J connectivity index is 2.02. The minimum atomic E-state index is -0.0136. The molecule has 0 bridgehead atoms. The molecule has 0 spiro atoms. The van der Waals surface area contributed by atoms with Gasteiger partial charge in [0.2, 0.25) is 0 Å². The van der Waals surface area contributed by atoms with E-state index in [9.17, 15) is 0 Å². The Labute approximate surface area is 123 Å². The van der Waals surface area contributed by atoms with E-state index >= 15 is 0 Å². The maximum Gasteiger partial charge on any atom is 0.0777 e. The summed E-state index contributed by atoms with van der Waals surface area (Å²) in [7, 11) is 1.81. The molecule has 3 nitrogen and oxygen atoms in total. The Morgan fingerprint density at radius 1 is 1.40 bits per heavy atom. The van der Waals surface area contributed by atoms with Crippen molar-refractivity contribution >= 4 is 0 Å². The average Bonchev–Trinajstić information content (AvgIpc) is 2.38. The Bertz CT molecular complexity index is 460. The molecule has 0 radical (unpaired) electrons. The largest absolute Gasteiger partial charge is 0.377 e. The number of likely N-dealkylation sites (tertiary alicyclic amines) is 1. The predicted octanol–water partition coefficient (Wildman–Crippen LogP) is 2.80. The number of rotatable bonds is 4. The SMILES string of the molecule is COC1(C)CCCN(CC(N)c2ccc(C)cc2C)C1. The molecule has 0 saturated carbocycles. The van der Waals surface area contributed by atoms with Crippen LogP contribution in [0.2, 0.25) is 0 Å². The van der Waals surface area contributed by atoms with Crippen molar-refractivity contribution < 1.29 is 4.74 Å². The van der Waals surface area contributed by atoms with Crippen molar-refractivity contribution in [3.05, 3.63) is 34.9 Å². The van der Waals surface area contributed by atoms with Gasteiger partial charge in [0, 0.05) is 26.2 Å². The van der Waals surface area contributed by atoms with Crippen LogP contribution in [0.1, 0.15) is 42.5 Å². The molecule has 1 aliphatic rings. The van der Waals surface area contributed by atoms with Gasteiger partial charge < -0.3 is 10.5 Å². The van der Waals surface area contributed by atoms with E-state index in [2.05, 4.69) is 43.9 Å². The Kier molecular flexibility index (Phi) is 4.84. The zero-order valence-electron chi connectivity index (χ0n) is 13.3. The molecule has 2 atom stereocenters. The van der Waals surface area contributed by atoms with E-state index < -0.39 is 0 Å². The first-order valence-corrected chi connectivity index (χ1v) is 7.54. The van der Waals surface area contributed by atoms with Crippen LogP contribution >= 0.6 is 0 Å². The van der Waals surface area contributed by atoms with E-state index in [4.69, 9.17) is 10.5 Å². The summed E-state index contributed by atoms with van der Waals surface area (Å²) in [5, 5.41) is 0. The number of hydrogen-bond acceptors (Lipinski definition) is 3. The molecule has 20 heavy (non-hydrogen) atoms. The Hall–Kier alpha value is -0.900. The molecule has 1 heterocycles. The highest BCUT2D eigenvalue weighted by Gasteiger charge is 2.31. The third kappa shape index (κ3) is 3.60. The summed E-state index contributed by atoms with van der Waals surface area (Å²) >= 11 is 0. The van der Waals surface area contributed by atoms with Gasteiger partial charge in [0.25, 0.3) is 0 Å². The number of benzene rings is 1. The van der Waals surface area contributed by atoms with E-state index in [1.54, 1.807) is 0 Å². The molecular formula is C17H28N2O. The fraction of sp³-hybridized carbons (Fsp3) is 0.647. The van der Waals surface area contributed by atoms with Crippen LogP contribution in [0.5, 0.6) is 0 Å². The van der Waals surface area contributed by atoms with Crippen molar-refractivity contribution in [2.75, 3.05) is 26.7 Å². The molecule has 0 aliphatic carbocycles. The van der Waals surface area contributed by atoms with Crippen LogP contribution in [0, 0.1) is 13.8 Å². The Morgan fingerprint density at radius 2 is 2.15 bits per heavy atom. The smallest absolute Gasteiger partial charge is 0.0777 e. The van der Waals surface area contributed by atoms with Crippen molar-refractivity contribution in [3.8, 4) is 0 Å². The summed E-state index contributed by atoms with van der Waals surface area (Å²) in [6.07, 6.45) is 2.32. The monoisotopic (exact) mass is 276 g/mol. The lowest BCUT2D eigenvalue weighted by Crippen LogP contribution is -2.49. The highest BCUT2D eigenvalue weighted by molar-refractivity contribution is 5.32. The van der Waals surface area contributed by atoms with Gasteiger partial charge in [-0.3, -0.25) is 4.90 Å². The van der Waals surface area contributed by atoms with Gasteiger partial charge in [-0.15, -0.1) is 0 Å². The van der Waals surface area contributed by atoms with Gasteiger partial charge in [0.1, 0.15) is 0 Å². The van der Waals surface area contributed by atoms with E-state index in [0.717, 1.165) is 26.1 Å². The van der Waals surface area contributed by atoms with Gasteiger partial charge in [-0.25, -0.2) is 0 Å². The molecule has 0 aromatic heterocycles. The number of aryl methyl sites for hydroxylation is 2. The van der Waals surface area contributed by atoms with Gasteiger partial charge in [-0.1, -0.05) is 23.8 Å². The standard InChI is InChI=1S/C17H28N2O/c1-13-6-7-15(14(2)10-13)16(18)11-19-9-5-8-17(3,12-19)20-4/h6-7,10,16H,5,8-9,11-12,18H2,1-4H3. The summed E-state index contributed by atoms with van der Waals surface area (Å²) in [5.41, 5.74) is 10.3. The van der Waals surface area contributed by atoms with E-state index in [1.807, 2.05) is 7.11 Å². The number of piperidine rings is 1. The minimum absolute atomic E-state index is 0.0136. The number of methoxy groups -OCH3 is 1. The van der Waals surface area contributed by atoms with Gasteiger partial charge >= 0.3 is 0 Å². The van der Waals surface area contributed by atoms with E-state index in [1.165, 1.54) is 23.1 Å². The highest BCUT2D eigenvalue weighted by atomic mass is 16.5. The lowest BCUT2D eigenvalue weighted by molar-refractivity contribution is -0.0517. The summed E-state index contributed by atoms with van der Waals surface area (Å²) in [4.78, 5) is 2.44. The normalized spacial score (nSPS) is 25.6. The van der Waals surface area contributed by atoms with Gasteiger partial charge in [-0.2, -0.15) is 0 Å². The first-order chi connectivity index (χ1) is 9.43. The fourth-order valence-electron chi connectivity index (χ4n) is 3.25. The van der Waals surface area contributed by atoms with Crippen molar-refractivity contribution in [3.63, 3.8) is 0 Å². The highest BCUT2D eigenvalue weighted by Crippen LogP contribution is 2.26. The van der Waals surface area contributed by atoms with Crippen LogP contribution < -0.4 is 5.73 Å². The fourth-order valence-corrected chi connectivity index (χ4v) is 3.25. The van der Waals surface area contributed by atoms with Crippen LogP contribution in [-0.4, -0.2) is 37.2 Å². The maximum absolute atomic E-state index is 6.42. The second-order valence-electron chi connectivity index (χ2n) is 6.46. The molecule has 2 unspecified atom stereocenters. The predicted molar refractivity (Wildman–Crippen MR) is 83.9 cm³/mol. The van der Waals surface area contributed by atoms with Crippen molar-refractivity contribution in [2.45, 2.75) is 45.3 Å². The third-order valence-electron chi connectivity index (χ3n) is 4.51. The van der Waals surface area contributed by atoms with E-state index in [0.29, 0.717) is 0 Å². The van der Waals surface area contributed by atoms with Crippen LogP contribution in [0.15, 0.2) is 18.2 Å². The van der Waals surface area contributed by atoms with Crippen molar-refractivity contribution in [2.24, 2.45) is 5.73 Å². The van der Waals surface area contributed by atoms with Gasteiger partial charge in [-0.05, 0) is 51.3 Å². The van der Waals surface area contributed by atoms with Crippen molar-refractivity contribution in [1.82, 2.24) is 4.90 Å². The maximum atomic E-state index is 6.42. The first-order valence-electron chi connectivity index (χ1n) is 7.54. The topological polar surface area (TPSA) is 38.5 Å². The molecular weight excluding hydrogens is 248 g/mol. The summed E-state index contributed by atoms with van der Waals surface area (Å²) < 4.78 is 5.65. The average molecular weight is 276 g/mol. The van der Waals surface area contributed by atoms with Crippen molar-refractivity contribution in [1.29, 1.82) is 0 Å². The number of hydrogen-bond donors (Lipinski definition) is 1. The Morgan fingerprint density at radius 3 is 2.80 bits per heavy atom. The van der Waals surface area contributed by atoms with Gasteiger partial charge in [0.15, 0.2) is 0 Å². The zero-order valence-corrected chi connectivity index (χ0v) is 13.3. The van der Waals surface area contributed by atoms with Gasteiger partial charge in [0.05, 0.1) is 5.60 Å². The van der Waals surface area contributed by atoms with Crippen LogP contribution in [0.25, 0.3) is 0 Å². The molecule has 0 amide bonds. The van der Waals surface area contributed by atoms with Crippen LogP contribution in [0.4, 0.5) is 0 Å². The first kappa shape index (κ1) is 15.5. The summed E-state index contributed by atoms with van der Waals surface area (Å²) in [5.74, 6) is 0. The molecule has 1 aromatic carbocycles. The van der Waals surface area contributed by atoms with E-state index in [-0.39, 0.29) is 11.6 Å². The molecule has 1 saturated heterocycles. The third-order valence-corrected chi connectivity index (χ3v) is 4.51. The zero-order chi connectivity index (χ0) is 14.8. The molecule has 1 fully saturated rings. The van der Waals surface area contributed by atoms with Crippen LogP contribution in [-0.2, 0) is 4.74 Å². The minimum Gasteiger partial charge on any atom is -0.377 e. The molecule has 1 aliphatic heterocycles. The summed E-state index contributed by atoms with van der Waals surface area (Å²) in [6, 6.07) is 6.62. The molecule has 1 aromatic rings. The second kappa shape index (κ2) is 6.25. The second-order valence-corrected chi connectivity index (χ2v) is 6.46. The quantitative estimate of drug-likeness (QED) is 0.919. The summed E-state index contributed by atoms with van der Waals surface area (Å²) in [6.45, 7) is 9.47. The lowest BCUT2D eigenvalue weighted by Gasteiger charge is -2.40. The molecule has 2 rings (SSSR count). The molecule has 2 N–H and O–H groups in total. The lowest BCUT2D eigenvalue weighted by atomic mass is 9.93. The number of nitrogens with zero attached hydrogens (tertiary/aromatic N) is 1. The molecule has 112 valence electrons.